The summed E-state index contributed by atoms with van der Waals surface area (Å²) in [5, 5.41) is -0.491. The fourth-order valence-electron chi connectivity index (χ4n) is 3.97. The van der Waals surface area contributed by atoms with Gasteiger partial charge in [0.1, 0.15) is 0 Å². The summed E-state index contributed by atoms with van der Waals surface area (Å²) in [6.07, 6.45) is 7.67. The van der Waals surface area contributed by atoms with Gasteiger partial charge in [0.15, 0.2) is 0 Å². The molecular formula is C16H29N3O3S. The van der Waals surface area contributed by atoms with Gasteiger partial charge < -0.3 is 10.6 Å². The zero-order valence-corrected chi connectivity index (χ0v) is 14.6. The number of nitrogens with one attached hydrogen (secondary N) is 1. The highest BCUT2D eigenvalue weighted by atomic mass is 32.2. The van der Waals surface area contributed by atoms with Crippen molar-refractivity contribution in [1.29, 1.82) is 0 Å². The van der Waals surface area contributed by atoms with Crippen molar-refractivity contribution < 1.29 is 13.2 Å². The van der Waals surface area contributed by atoms with Crippen molar-refractivity contribution in [3.05, 3.63) is 0 Å². The maximum absolute atomic E-state index is 12.7. The Hall–Kier alpha value is -0.660. The number of carbonyl (C=O) groups is 1. The van der Waals surface area contributed by atoms with Crippen molar-refractivity contribution in [2.24, 2.45) is 17.6 Å². The summed E-state index contributed by atoms with van der Waals surface area (Å²) < 4.78 is 28.2. The van der Waals surface area contributed by atoms with Crippen LogP contribution in [0.1, 0.15) is 51.4 Å². The van der Waals surface area contributed by atoms with Gasteiger partial charge >= 0.3 is 0 Å². The molecular weight excluding hydrogens is 314 g/mol. The van der Waals surface area contributed by atoms with Crippen molar-refractivity contribution in [3.63, 3.8) is 0 Å². The molecule has 0 aromatic heterocycles. The van der Waals surface area contributed by atoms with Crippen molar-refractivity contribution in [3.8, 4) is 0 Å². The molecule has 2 unspecified atom stereocenters. The Labute approximate surface area is 139 Å². The summed E-state index contributed by atoms with van der Waals surface area (Å²) >= 11 is 0. The van der Waals surface area contributed by atoms with Gasteiger partial charge in [0.05, 0.1) is 5.25 Å². The second-order valence-electron chi connectivity index (χ2n) is 7.37. The molecule has 7 heteroatoms. The first-order valence-electron chi connectivity index (χ1n) is 9.01. The molecule has 0 aromatic rings. The van der Waals surface area contributed by atoms with Crippen LogP contribution in [0.5, 0.6) is 0 Å². The van der Waals surface area contributed by atoms with Crippen LogP contribution in [0.3, 0.4) is 0 Å². The molecule has 1 saturated heterocycles. The second-order valence-corrected chi connectivity index (χ2v) is 9.36. The summed E-state index contributed by atoms with van der Waals surface area (Å²) in [5.41, 5.74) is 5.72. The van der Waals surface area contributed by atoms with Crippen molar-refractivity contribution in [1.82, 2.24) is 9.62 Å². The van der Waals surface area contributed by atoms with E-state index in [-0.39, 0.29) is 17.9 Å². The molecule has 1 amide bonds. The third-order valence-corrected chi connectivity index (χ3v) is 7.49. The number of sulfonamides is 1. The molecule has 0 aromatic carbocycles. The fourth-order valence-corrected chi connectivity index (χ4v) is 5.72. The molecule has 6 nitrogen and oxygen atoms in total. The molecule has 2 aliphatic carbocycles. The van der Waals surface area contributed by atoms with Crippen LogP contribution in [0.15, 0.2) is 0 Å². The van der Waals surface area contributed by atoms with E-state index in [0.717, 1.165) is 44.9 Å². The zero-order valence-electron chi connectivity index (χ0n) is 13.7. The predicted octanol–water partition coefficient (Wildman–Crippen LogP) is 0.824. The van der Waals surface area contributed by atoms with Gasteiger partial charge in [-0.15, -0.1) is 0 Å². The van der Waals surface area contributed by atoms with E-state index in [9.17, 15) is 13.2 Å². The van der Waals surface area contributed by atoms with Crippen molar-refractivity contribution in [2.75, 3.05) is 19.6 Å². The highest BCUT2D eigenvalue weighted by molar-refractivity contribution is 7.90. The first kappa shape index (κ1) is 17.2. The van der Waals surface area contributed by atoms with Gasteiger partial charge in [-0.2, -0.15) is 0 Å². The third-order valence-electron chi connectivity index (χ3n) is 5.59. The minimum atomic E-state index is -3.41. The molecule has 1 aliphatic heterocycles. The molecule has 2 saturated carbocycles. The van der Waals surface area contributed by atoms with E-state index in [1.54, 1.807) is 4.90 Å². The van der Waals surface area contributed by atoms with Gasteiger partial charge in [0, 0.05) is 31.6 Å². The Bertz CT molecular complexity index is 527. The number of piperidine rings is 1. The lowest BCUT2D eigenvalue weighted by atomic mass is 10.0. The number of nitrogens with two attached hydrogens (primary N) is 1. The molecule has 0 spiro atoms. The smallest absolute Gasteiger partial charge is 0.225 e. The topological polar surface area (TPSA) is 92.5 Å². The molecule has 132 valence electrons. The number of hydrogen-bond acceptors (Lipinski definition) is 4. The molecule has 3 rings (SSSR count). The molecule has 3 aliphatic rings. The SMILES string of the molecule is NCC(NS(=O)(=O)C1CCCN(C(=O)C2CCCC2)C1)C1CC1. The van der Waals surface area contributed by atoms with E-state index in [1.165, 1.54) is 0 Å². The predicted molar refractivity (Wildman–Crippen MR) is 89.2 cm³/mol. The van der Waals surface area contributed by atoms with Crippen LogP contribution in [0.2, 0.25) is 0 Å². The van der Waals surface area contributed by atoms with Crippen LogP contribution >= 0.6 is 0 Å². The van der Waals surface area contributed by atoms with Gasteiger partial charge in [0.2, 0.25) is 15.9 Å². The minimum absolute atomic E-state index is 0.118. The van der Waals surface area contributed by atoms with E-state index in [1.807, 2.05) is 0 Å². The standard InChI is InChI=1S/C16H29N3O3S/c17-10-15(12-7-8-12)18-23(21,22)14-6-3-9-19(11-14)16(20)13-4-1-2-5-13/h12-15,18H,1-11,17H2. The number of amides is 1. The molecule has 0 radical (unpaired) electrons. The molecule has 2 atom stereocenters. The first-order chi connectivity index (χ1) is 11.0. The first-order valence-corrected chi connectivity index (χ1v) is 10.6. The average Bonchev–Trinajstić information content (AvgIpc) is 3.26. The van der Waals surface area contributed by atoms with Crippen molar-refractivity contribution in [2.45, 2.75) is 62.7 Å². The zero-order chi connectivity index (χ0) is 16.4. The lowest BCUT2D eigenvalue weighted by molar-refractivity contribution is -0.136. The Kier molecular flexibility index (Phi) is 5.28. The molecule has 23 heavy (non-hydrogen) atoms. The quantitative estimate of drug-likeness (QED) is 0.747. The van der Waals surface area contributed by atoms with Crippen LogP contribution in [-0.4, -0.2) is 50.2 Å². The summed E-state index contributed by atoms with van der Waals surface area (Å²) in [7, 11) is -3.41. The van der Waals surface area contributed by atoms with Crippen LogP contribution in [0, 0.1) is 11.8 Å². The van der Waals surface area contributed by atoms with Gasteiger partial charge in [-0.1, -0.05) is 12.8 Å². The lowest BCUT2D eigenvalue weighted by Gasteiger charge is -2.34. The van der Waals surface area contributed by atoms with Gasteiger partial charge in [-0.3, -0.25) is 4.79 Å². The third kappa shape index (κ3) is 4.06. The Balaban J connectivity index is 1.61. The van der Waals surface area contributed by atoms with E-state index < -0.39 is 15.3 Å². The highest BCUT2D eigenvalue weighted by Gasteiger charge is 2.39. The normalized spacial score (nSPS) is 28.0. The maximum Gasteiger partial charge on any atom is 0.225 e. The minimum Gasteiger partial charge on any atom is -0.341 e. The Morgan fingerprint density at radius 2 is 1.83 bits per heavy atom. The molecule has 3 fully saturated rings. The van der Waals surface area contributed by atoms with Crippen LogP contribution in [0.4, 0.5) is 0 Å². The van der Waals surface area contributed by atoms with E-state index in [4.69, 9.17) is 5.73 Å². The lowest BCUT2D eigenvalue weighted by Crippen LogP contribution is -2.52. The molecule has 1 heterocycles. The fraction of sp³-hybridized carbons (Fsp3) is 0.938. The largest absolute Gasteiger partial charge is 0.341 e. The highest BCUT2D eigenvalue weighted by Crippen LogP contribution is 2.33. The summed E-state index contributed by atoms with van der Waals surface area (Å²) in [6, 6.07) is -0.138. The van der Waals surface area contributed by atoms with E-state index >= 15 is 0 Å². The van der Waals surface area contributed by atoms with Crippen molar-refractivity contribution >= 4 is 15.9 Å². The number of hydrogen-bond donors (Lipinski definition) is 2. The van der Waals surface area contributed by atoms with Crippen LogP contribution in [-0.2, 0) is 14.8 Å². The molecule has 3 N–H and O–H groups in total. The summed E-state index contributed by atoms with van der Waals surface area (Å²) in [4.78, 5) is 14.3. The number of rotatable bonds is 6. The summed E-state index contributed by atoms with van der Waals surface area (Å²) in [5.74, 6) is 0.683. The van der Waals surface area contributed by atoms with Gasteiger partial charge in [-0.05, 0) is 44.4 Å². The Morgan fingerprint density at radius 3 is 2.43 bits per heavy atom. The number of likely N-dealkylation sites (tertiary alicyclic amines) is 1. The summed E-state index contributed by atoms with van der Waals surface area (Å²) in [6.45, 7) is 1.39. The monoisotopic (exact) mass is 343 g/mol. The Morgan fingerprint density at radius 1 is 1.13 bits per heavy atom. The number of nitrogens with zero attached hydrogens (tertiary/aromatic N) is 1. The van der Waals surface area contributed by atoms with Gasteiger partial charge in [0.25, 0.3) is 0 Å². The average molecular weight is 343 g/mol. The van der Waals surface area contributed by atoms with Gasteiger partial charge in [-0.25, -0.2) is 13.1 Å². The molecule has 0 bridgehead atoms. The van der Waals surface area contributed by atoms with Crippen LogP contribution in [0.25, 0.3) is 0 Å². The van der Waals surface area contributed by atoms with Crippen LogP contribution < -0.4 is 10.5 Å². The second kappa shape index (κ2) is 7.07. The van der Waals surface area contributed by atoms with E-state index in [0.29, 0.717) is 32.0 Å². The van der Waals surface area contributed by atoms with E-state index in [2.05, 4.69) is 4.72 Å². The number of carbonyl (C=O) groups excluding carboxylic acids is 1. The maximum atomic E-state index is 12.7.